The Balaban J connectivity index is 6.16. The number of carbonyl (C=O) groups excluding carboxylic acids is 5. The Kier molecular flexibility index (Phi) is 13.4. The van der Waals surface area contributed by atoms with Crippen LogP contribution in [0.4, 0.5) is 0 Å². The predicted molar refractivity (Wildman–Crippen MR) is 120 cm³/mol. The molecule has 0 spiro atoms. The minimum Gasteiger partial charge on any atom is -0.465 e. The molecule has 8 nitrogen and oxygen atoms in total. The van der Waals surface area contributed by atoms with Crippen LogP contribution in [0, 0.1) is 10.8 Å². The van der Waals surface area contributed by atoms with Crippen LogP contribution in [0.25, 0.3) is 0 Å². The average molecular weight is 483 g/mol. The van der Waals surface area contributed by atoms with Crippen molar-refractivity contribution in [1.29, 1.82) is 0 Å². The summed E-state index contributed by atoms with van der Waals surface area (Å²) in [5, 5.41) is 0. The standard InChI is InChI=1S/C19H30O8S3/c1-13(20)18(3,14(2)21)19(10-25-15(22)4-7-28,11-26-16(23)5-8-29)12-27-17(24)6-9-30/h28-30H,4-12H2,1-3H3. The molecule has 0 aromatic carbocycles. The monoisotopic (exact) mass is 482 g/mol. The highest BCUT2D eigenvalue weighted by Gasteiger charge is 2.57. The van der Waals surface area contributed by atoms with Gasteiger partial charge >= 0.3 is 17.9 Å². The first-order valence-electron chi connectivity index (χ1n) is 9.32. The number of thiol groups is 3. The van der Waals surface area contributed by atoms with Gasteiger partial charge in [0, 0.05) is 17.3 Å². The molecule has 30 heavy (non-hydrogen) atoms. The summed E-state index contributed by atoms with van der Waals surface area (Å²) in [5.41, 5.74) is -3.37. The maximum atomic E-state index is 12.6. The van der Waals surface area contributed by atoms with Crippen molar-refractivity contribution >= 4 is 67.4 Å². The van der Waals surface area contributed by atoms with Gasteiger partial charge in [-0.2, -0.15) is 37.9 Å². The van der Waals surface area contributed by atoms with Gasteiger partial charge in [0.15, 0.2) is 0 Å². The van der Waals surface area contributed by atoms with E-state index in [4.69, 9.17) is 14.2 Å². The van der Waals surface area contributed by atoms with Crippen LogP contribution in [0.5, 0.6) is 0 Å². The number of ether oxygens (including phenoxy) is 3. The Labute approximate surface area is 193 Å². The number of Topliss-reactive ketones (excluding diaryl/α,β-unsaturated/α-hetero) is 2. The molecule has 0 atom stereocenters. The molecule has 0 N–H and O–H groups in total. The Morgan fingerprint density at radius 2 is 0.900 bits per heavy atom. The zero-order chi connectivity index (χ0) is 23.4. The van der Waals surface area contributed by atoms with E-state index in [0.717, 1.165) is 0 Å². The zero-order valence-corrected chi connectivity index (χ0v) is 20.2. The van der Waals surface area contributed by atoms with E-state index in [1.807, 2.05) is 0 Å². The first kappa shape index (κ1) is 28.8. The lowest BCUT2D eigenvalue weighted by Gasteiger charge is -2.44. The van der Waals surface area contributed by atoms with Gasteiger partial charge in [-0.05, 0) is 20.8 Å². The van der Waals surface area contributed by atoms with E-state index in [9.17, 15) is 24.0 Å². The summed E-state index contributed by atoms with van der Waals surface area (Å²) < 4.78 is 15.8. The van der Waals surface area contributed by atoms with Gasteiger partial charge in [0.2, 0.25) is 0 Å². The summed E-state index contributed by atoms with van der Waals surface area (Å²) in [6.45, 7) is 2.35. The fraction of sp³-hybridized carbons (Fsp3) is 0.737. The highest BCUT2D eigenvalue weighted by atomic mass is 32.1. The second-order valence-electron chi connectivity index (χ2n) is 6.92. The molecular weight excluding hydrogens is 452 g/mol. The van der Waals surface area contributed by atoms with Gasteiger partial charge in [-0.1, -0.05) is 0 Å². The van der Waals surface area contributed by atoms with Crippen molar-refractivity contribution in [2.24, 2.45) is 10.8 Å². The molecule has 0 fully saturated rings. The number of esters is 3. The van der Waals surface area contributed by atoms with Gasteiger partial charge in [0.05, 0.1) is 30.1 Å². The van der Waals surface area contributed by atoms with Gasteiger partial charge in [-0.15, -0.1) is 0 Å². The molecule has 172 valence electrons. The van der Waals surface area contributed by atoms with E-state index < -0.39 is 60.1 Å². The van der Waals surface area contributed by atoms with Crippen LogP contribution >= 0.6 is 37.9 Å². The molecule has 0 unspecified atom stereocenters. The first-order chi connectivity index (χ1) is 14.0. The minimum atomic E-state index is -1.75. The largest absolute Gasteiger partial charge is 0.465 e. The number of hydrogen-bond donors (Lipinski definition) is 3. The topological polar surface area (TPSA) is 113 Å². The van der Waals surface area contributed by atoms with Gasteiger partial charge in [0.1, 0.15) is 31.4 Å². The SMILES string of the molecule is CC(=O)C(C)(C(C)=O)C(COC(=O)CCS)(COC(=O)CCS)COC(=O)CCS. The van der Waals surface area contributed by atoms with Gasteiger partial charge in [-0.3, -0.25) is 24.0 Å². The van der Waals surface area contributed by atoms with E-state index in [1.54, 1.807) is 0 Å². The molecular formula is C19H30O8S3. The van der Waals surface area contributed by atoms with Gasteiger partial charge in [-0.25, -0.2) is 0 Å². The zero-order valence-electron chi connectivity index (χ0n) is 17.5. The van der Waals surface area contributed by atoms with Crippen LogP contribution in [0.1, 0.15) is 40.0 Å². The summed E-state index contributed by atoms with van der Waals surface area (Å²) in [6, 6.07) is 0. The van der Waals surface area contributed by atoms with Crippen LogP contribution < -0.4 is 0 Å². The van der Waals surface area contributed by atoms with Crippen molar-refractivity contribution in [2.45, 2.75) is 40.0 Å². The third-order valence-electron chi connectivity index (χ3n) is 4.95. The molecule has 0 saturated carbocycles. The summed E-state index contributed by atoms with van der Waals surface area (Å²) in [7, 11) is 0. The maximum Gasteiger partial charge on any atom is 0.306 e. The first-order valence-corrected chi connectivity index (χ1v) is 11.2. The van der Waals surface area contributed by atoms with Crippen molar-refractivity contribution < 1.29 is 38.2 Å². The van der Waals surface area contributed by atoms with Crippen molar-refractivity contribution in [1.82, 2.24) is 0 Å². The smallest absolute Gasteiger partial charge is 0.306 e. The molecule has 0 heterocycles. The van der Waals surface area contributed by atoms with E-state index in [2.05, 4.69) is 37.9 Å². The van der Waals surface area contributed by atoms with Crippen molar-refractivity contribution in [2.75, 3.05) is 37.1 Å². The lowest BCUT2D eigenvalue weighted by molar-refractivity contribution is -0.182. The Hall–Kier alpha value is -1.20. The second kappa shape index (κ2) is 14.0. The lowest BCUT2D eigenvalue weighted by atomic mass is 9.61. The van der Waals surface area contributed by atoms with Crippen LogP contribution in [-0.4, -0.2) is 66.6 Å². The lowest BCUT2D eigenvalue weighted by Crippen LogP contribution is -2.58. The van der Waals surface area contributed by atoms with E-state index in [1.165, 1.54) is 20.8 Å². The summed E-state index contributed by atoms with van der Waals surface area (Å²) in [6.07, 6.45) is -0.0151. The van der Waals surface area contributed by atoms with Crippen molar-refractivity contribution in [3.8, 4) is 0 Å². The molecule has 11 heteroatoms. The molecule has 0 aromatic rings. The van der Waals surface area contributed by atoms with E-state index in [0.29, 0.717) is 0 Å². The fourth-order valence-electron chi connectivity index (χ4n) is 2.70. The Morgan fingerprint density at radius 3 is 1.10 bits per heavy atom. The van der Waals surface area contributed by atoms with Crippen molar-refractivity contribution in [3.05, 3.63) is 0 Å². The van der Waals surface area contributed by atoms with Gasteiger partial charge in [0.25, 0.3) is 0 Å². The van der Waals surface area contributed by atoms with Crippen LogP contribution in [0.2, 0.25) is 0 Å². The highest BCUT2D eigenvalue weighted by molar-refractivity contribution is 7.80. The maximum absolute atomic E-state index is 12.6. The number of ketones is 2. The number of hydrogen-bond acceptors (Lipinski definition) is 11. The molecule has 0 rings (SSSR count). The average Bonchev–Trinajstić information content (AvgIpc) is 2.67. The summed E-state index contributed by atoms with van der Waals surface area (Å²) in [5.74, 6) is -2.25. The molecule has 0 aliphatic carbocycles. The normalized spacial score (nSPS) is 11.5. The third kappa shape index (κ3) is 8.14. The molecule has 0 aromatic heterocycles. The van der Waals surface area contributed by atoms with E-state index >= 15 is 0 Å². The fourth-order valence-corrected chi connectivity index (χ4v) is 3.25. The summed E-state index contributed by atoms with van der Waals surface area (Å²) in [4.78, 5) is 61.1. The Morgan fingerprint density at radius 1 is 0.633 bits per heavy atom. The molecule has 0 aliphatic heterocycles. The molecule has 0 aliphatic rings. The van der Waals surface area contributed by atoms with Crippen molar-refractivity contribution in [3.63, 3.8) is 0 Å². The number of carbonyl (C=O) groups is 5. The van der Waals surface area contributed by atoms with Gasteiger partial charge < -0.3 is 14.2 Å². The molecule has 0 saturated heterocycles. The predicted octanol–water partition coefficient (Wildman–Crippen LogP) is 1.75. The second-order valence-corrected chi connectivity index (χ2v) is 8.26. The molecule has 0 bridgehead atoms. The number of rotatable bonds is 15. The highest BCUT2D eigenvalue weighted by Crippen LogP contribution is 2.43. The van der Waals surface area contributed by atoms with Crippen LogP contribution in [0.15, 0.2) is 0 Å². The third-order valence-corrected chi connectivity index (χ3v) is 5.62. The van der Waals surface area contributed by atoms with Crippen LogP contribution in [-0.2, 0) is 38.2 Å². The van der Waals surface area contributed by atoms with Crippen LogP contribution in [0.3, 0.4) is 0 Å². The Bertz CT molecular complexity index is 566. The quantitative estimate of drug-likeness (QED) is 0.140. The molecule has 0 amide bonds. The summed E-state index contributed by atoms with van der Waals surface area (Å²) >= 11 is 11.9. The molecule has 0 radical (unpaired) electrons. The van der Waals surface area contributed by atoms with E-state index in [-0.39, 0.29) is 36.5 Å². The minimum absolute atomic E-state index is 0.00503.